The summed E-state index contributed by atoms with van der Waals surface area (Å²) in [7, 11) is 0. The lowest BCUT2D eigenvalue weighted by Gasteiger charge is -2.14. The topological polar surface area (TPSA) is 127 Å². The molecule has 1 saturated heterocycles. The van der Waals surface area contributed by atoms with Gasteiger partial charge in [-0.3, -0.25) is 4.68 Å². The third kappa shape index (κ3) is 5.40. The predicted octanol–water partition coefficient (Wildman–Crippen LogP) is 4.17. The van der Waals surface area contributed by atoms with Crippen LogP contribution in [-0.2, 0) is 6.54 Å². The Bertz CT molecular complexity index is 1110. The Morgan fingerprint density at radius 1 is 1.06 bits per heavy atom. The Morgan fingerprint density at radius 3 is 2.62 bits per heavy atom. The molecule has 2 aromatic heterocycles. The largest absolute Gasteiger partial charge is 0.393 e. The van der Waals surface area contributed by atoms with E-state index in [9.17, 15) is 5.11 Å². The van der Waals surface area contributed by atoms with Gasteiger partial charge in [0.2, 0.25) is 5.95 Å². The maximum atomic E-state index is 9.75. The van der Waals surface area contributed by atoms with Gasteiger partial charge >= 0.3 is 0 Å². The zero-order valence-electron chi connectivity index (χ0n) is 19.2. The number of rotatable bonds is 9. The van der Waals surface area contributed by atoms with Crippen molar-refractivity contribution in [1.82, 2.24) is 24.6 Å². The van der Waals surface area contributed by atoms with Gasteiger partial charge in [-0.05, 0) is 62.9 Å². The van der Waals surface area contributed by atoms with Gasteiger partial charge in [0.1, 0.15) is 5.69 Å². The smallest absolute Gasteiger partial charge is 0.224 e. The molecule has 1 aromatic carbocycles. The van der Waals surface area contributed by atoms with E-state index in [1.54, 1.807) is 0 Å². The van der Waals surface area contributed by atoms with E-state index in [4.69, 9.17) is 5.53 Å². The Hall–Kier alpha value is -3.37. The van der Waals surface area contributed by atoms with Crippen molar-refractivity contribution in [3.63, 3.8) is 0 Å². The van der Waals surface area contributed by atoms with Crippen LogP contribution in [0.2, 0.25) is 0 Å². The molecule has 0 radical (unpaired) electrons. The maximum Gasteiger partial charge on any atom is 0.224 e. The summed E-state index contributed by atoms with van der Waals surface area (Å²) in [4.78, 5) is 11.3. The van der Waals surface area contributed by atoms with Crippen molar-refractivity contribution in [3.8, 4) is 11.1 Å². The fourth-order valence-electron chi connectivity index (χ4n) is 4.66. The number of aromatic nitrogens is 4. The van der Waals surface area contributed by atoms with Crippen LogP contribution in [0.1, 0.15) is 32.1 Å². The first-order valence-electron chi connectivity index (χ1n) is 12.0. The Labute approximate surface area is 198 Å². The average Bonchev–Trinajstić information content (AvgIpc) is 3.61. The summed E-state index contributed by atoms with van der Waals surface area (Å²) in [5, 5.41) is 24.3. The first-order chi connectivity index (χ1) is 16.7. The molecule has 1 aliphatic carbocycles. The number of aliphatic hydroxyl groups is 1. The summed E-state index contributed by atoms with van der Waals surface area (Å²) < 4.78 is 2.01. The molecule has 2 atom stereocenters. The summed E-state index contributed by atoms with van der Waals surface area (Å²) in [5.74, 6) is 0.931. The second-order valence-corrected chi connectivity index (χ2v) is 9.09. The van der Waals surface area contributed by atoms with Crippen molar-refractivity contribution >= 4 is 23.1 Å². The molecule has 4 N–H and O–H groups in total. The number of hydrogen-bond donors (Lipinski definition) is 4. The van der Waals surface area contributed by atoms with Crippen molar-refractivity contribution < 1.29 is 5.11 Å². The van der Waals surface area contributed by atoms with Crippen molar-refractivity contribution in [3.05, 3.63) is 42.9 Å². The molecule has 2 fully saturated rings. The molecule has 34 heavy (non-hydrogen) atoms. The number of nitrogens with zero attached hydrogens (tertiary/aromatic N) is 6. The maximum absolute atomic E-state index is 9.75. The van der Waals surface area contributed by atoms with Crippen molar-refractivity contribution in [2.75, 3.05) is 30.3 Å². The van der Waals surface area contributed by atoms with Crippen LogP contribution >= 0.6 is 0 Å². The highest BCUT2D eigenvalue weighted by atomic mass is 16.3. The van der Waals surface area contributed by atoms with Gasteiger partial charge in [0.25, 0.3) is 0 Å². The molecule has 0 spiro atoms. The first-order valence-corrected chi connectivity index (χ1v) is 12.0. The highest BCUT2D eigenvalue weighted by molar-refractivity contribution is 5.71. The summed E-state index contributed by atoms with van der Waals surface area (Å²) in [6.07, 6.45) is 10.2. The third-order valence-electron chi connectivity index (χ3n) is 6.59. The van der Waals surface area contributed by atoms with Gasteiger partial charge in [-0.15, -0.1) is 0 Å². The molecule has 10 heteroatoms. The van der Waals surface area contributed by atoms with Crippen LogP contribution in [0, 0.1) is 5.53 Å². The Balaban J connectivity index is 1.23. The summed E-state index contributed by atoms with van der Waals surface area (Å²) in [5.41, 5.74) is 10.8. The molecule has 0 bridgehead atoms. The Kier molecular flexibility index (Phi) is 6.77. The molecule has 1 aliphatic heterocycles. The molecule has 0 amide bonds. The number of aliphatic hydroxyl groups excluding tert-OH is 1. The fourth-order valence-corrected chi connectivity index (χ4v) is 4.66. The second-order valence-electron chi connectivity index (χ2n) is 9.09. The zero-order valence-corrected chi connectivity index (χ0v) is 19.2. The molecule has 2 aliphatic rings. The molecule has 3 aromatic rings. The van der Waals surface area contributed by atoms with E-state index in [2.05, 4.69) is 41.9 Å². The minimum atomic E-state index is -0.270. The highest BCUT2D eigenvalue weighted by Gasteiger charge is 2.23. The SMILES string of the molecule is N=Nc1cnc(NC2CCC(O)C2)nc1Nc1ccc(-c2cnn(CCN3CCCC3)c2)cc1. The van der Waals surface area contributed by atoms with Crippen molar-refractivity contribution in [2.45, 2.75) is 50.8 Å². The zero-order chi connectivity index (χ0) is 23.3. The molecule has 178 valence electrons. The second kappa shape index (κ2) is 10.3. The monoisotopic (exact) mass is 461 g/mol. The molecule has 10 nitrogen and oxygen atoms in total. The number of anilines is 3. The minimum Gasteiger partial charge on any atom is -0.393 e. The van der Waals surface area contributed by atoms with Gasteiger partial charge in [-0.1, -0.05) is 12.1 Å². The molecular formula is C24H31N9O. The van der Waals surface area contributed by atoms with E-state index in [1.165, 1.54) is 32.1 Å². The number of nitrogens with one attached hydrogen (secondary N) is 3. The van der Waals surface area contributed by atoms with Gasteiger partial charge in [-0.25, -0.2) is 10.5 Å². The number of hydrogen-bond acceptors (Lipinski definition) is 9. The highest BCUT2D eigenvalue weighted by Crippen LogP contribution is 2.29. The van der Waals surface area contributed by atoms with Gasteiger partial charge in [0, 0.05) is 30.0 Å². The lowest BCUT2D eigenvalue weighted by Crippen LogP contribution is -2.24. The van der Waals surface area contributed by atoms with E-state index in [1.807, 2.05) is 35.1 Å². The lowest BCUT2D eigenvalue weighted by atomic mass is 10.1. The van der Waals surface area contributed by atoms with Crippen LogP contribution in [-0.4, -0.2) is 61.5 Å². The summed E-state index contributed by atoms with van der Waals surface area (Å²) >= 11 is 0. The van der Waals surface area contributed by atoms with Crippen LogP contribution in [0.4, 0.5) is 23.1 Å². The molecular weight excluding hydrogens is 430 g/mol. The van der Waals surface area contributed by atoms with E-state index >= 15 is 0 Å². The standard InChI is InChI=1S/C24H31N9O/c25-31-22-15-26-24(29-20-7-8-21(34)13-20)30-23(22)28-19-5-3-17(4-6-19)18-14-27-33(16-18)12-11-32-9-1-2-10-32/h3-6,14-16,20-21,25,34H,1-2,7-13H2,(H2,26,28,29,30). The van der Waals surface area contributed by atoms with E-state index in [0.717, 1.165) is 42.7 Å². The minimum absolute atomic E-state index is 0.150. The molecule has 3 heterocycles. The lowest BCUT2D eigenvalue weighted by molar-refractivity contribution is 0.182. The third-order valence-corrected chi connectivity index (χ3v) is 6.59. The quantitative estimate of drug-likeness (QED) is 0.352. The number of benzene rings is 1. The van der Waals surface area contributed by atoms with Crippen LogP contribution < -0.4 is 10.6 Å². The van der Waals surface area contributed by atoms with Gasteiger partial charge in [0.15, 0.2) is 5.82 Å². The summed E-state index contributed by atoms with van der Waals surface area (Å²) in [6, 6.07) is 8.20. The Morgan fingerprint density at radius 2 is 1.88 bits per heavy atom. The first kappa shape index (κ1) is 22.4. The normalized spacial score (nSPS) is 20.5. The molecule has 5 rings (SSSR count). The molecule has 2 unspecified atom stereocenters. The summed E-state index contributed by atoms with van der Waals surface area (Å²) in [6.45, 7) is 4.35. The predicted molar refractivity (Wildman–Crippen MR) is 131 cm³/mol. The van der Waals surface area contributed by atoms with Crippen molar-refractivity contribution in [1.29, 1.82) is 5.53 Å². The average molecular weight is 462 g/mol. The van der Waals surface area contributed by atoms with Crippen LogP contribution in [0.5, 0.6) is 0 Å². The van der Waals surface area contributed by atoms with Gasteiger partial charge in [-0.2, -0.15) is 15.2 Å². The van der Waals surface area contributed by atoms with E-state index < -0.39 is 0 Å². The van der Waals surface area contributed by atoms with Gasteiger partial charge in [0.05, 0.1) is 25.0 Å². The fraction of sp³-hybridized carbons (Fsp3) is 0.458. The number of likely N-dealkylation sites (tertiary alicyclic amines) is 1. The van der Waals surface area contributed by atoms with Crippen LogP contribution in [0.3, 0.4) is 0 Å². The van der Waals surface area contributed by atoms with E-state index in [-0.39, 0.29) is 12.1 Å². The van der Waals surface area contributed by atoms with E-state index in [0.29, 0.717) is 23.9 Å². The van der Waals surface area contributed by atoms with Crippen LogP contribution in [0.15, 0.2) is 48.0 Å². The van der Waals surface area contributed by atoms with Crippen molar-refractivity contribution in [2.24, 2.45) is 5.11 Å². The van der Waals surface area contributed by atoms with Gasteiger partial charge < -0.3 is 20.6 Å². The molecule has 1 saturated carbocycles. The van der Waals surface area contributed by atoms with Crippen LogP contribution in [0.25, 0.3) is 11.1 Å².